The summed E-state index contributed by atoms with van der Waals surface area (Å²) in [7, 11) is 1.64. The van der Waals surface area contributed by atoms with Crippen molar-refractivity contribution in [3.63, 3.8) is 0 Å². The van der Waals surface area contributed by atoms with Gasteiger partial charge in [-0.15, -0.1) is 0 Å². The molecule has 0 saturated carbocycles. The summed E-state index contributed by atoms with van der Waals surface area (Å²) in [6.07, 6.45) is 0.728. The van der Waals surface area contributed by atoms with Crippen LogP contribution in [0.1, 0.15) is 42.8 Å². The minimum atomic E-state index is -0.470. The van der Waals surface area contributed by atoms with Crippen molar-refractivity contribution in [2.45, 2.75) is 26.3 Å². The molecule has 0 bridgehead atoms. The van der Waals surface area contributed by atoms with E-state index in [0.29, 0.717) is 12.4 Å². The maximum absolute atomic E-state index is 11.4. The molecule has 15 heavy (non-hydrogen) atoms. The normalized spacial score (nSPS) is 12.5. The molecule has 1 heterocycles. The molecule has 2 N–H and O–H groups in total. The Balaban J connectivity index is 2.90. The van der Waals surface area contributed by atoms with E-state index in [1.54, 1.807) is 14.0 Å². The average molecular weight is 212 g/mol. The van der Waals surface area contributed by atoms with Gasteiger partial charge in [-0.2, -0.15) is 5.10 Å². The molecule has 6 heteroatoms. The number of aryl methyl sites for hydroxylation is 1. The Morgan fingerprint density at radius 2 is 2.27 bits per heavy atom. The molecule has 0 radical (unpaired) electrons. The minimum Gasteiger partial charge on any atom is -0.460 e. The second-order valence-electron chi connectivity index (χ2n) is 3.15. The lowest BCUT2D eigenvalue weighted by atomic mass is 10.2. The van der Waals surface area contributed by atoms with E-state index >= 15 is 0 Å². The first-order valence-corrected chi connectivity index (χ1v) is 4.93. The lowest BCUT2D eigenvalue weighted by molar-refractivity contribution is 0.0506. The fourth-order valence-corrected chi connectivity index (χ4v) is 1.12. The molecule has 0 unspecified atom stereocenters. The monoisotopic (exact) mass is 212 g/mol. The first-order valence-electron chi connectivity index (χ1n) is 4.93. The van der Waals surface area contributed by atoms with Crippen molar-refractivity contribution in [1.29, 1.82) is 0 Å². The minimum absolute atomic E-state index is 0.191. The molecule has 0 fully saturated rings. The molecule has 0 spiro atoms. The standard InChI is InChI=1S/C9H16N4O2/c1-4-6(10)7-11-8(13(3)12-7)9(14)15-5-2/h6H,4-5,10H2,1-3H3/t6-/m0/s1. The van der Waals surface area contributed by atoms with Crippen LogP contribution in [0.5, 0.6) is 0 Å². The van der Waals surface area contributed by atoms with Crippen molar-refractivity contribution < 1.29 is 9.53 Å². The highest BCUT2D eigenvalue weighted by Gasteiger charge is 2.18. The predicted octanol–water partition coefficient (Wildman–Crippen LogP) is 0.402. The molecule has 1 aromatic rings. The second-order valence-corrected chi connectivity index (χ2v) is 3.15. The number of aromatic nitrogens is 3. The molecular weight excluding hydrogens is 196 g/mol. The molecule has 0 aliphatic carbocycles. The first-order chi connectivity index (χ1) is 7.10. The zero-order chi connectivity index (χ0) is 11.4. The number of nitrogens with zero attached hydrogens (tertiary/aromatic N) is 3. The highest BCUT2D eigenvalue weighted by atomic mass is 16.5. The number of rotatable bonds is 4. The Kier molecular flexibility index (Phi) is 3.79. The van der Waals surface area contributed by atoms with Crippen molar-refractivity contribution >= 4 is 5.97 Å². The summed E-state index contributed by atoms with van der Waals surface area (Å²) in [4.78, 5) is 15.5. The molecular formula is C9H16N4O2. The van der Waals surface area contributed by atoms with Gasteiger partial charge in [-0.25, -0.2) is 14.5 Å². The van der Waals surface area contributed by atoms with Gasteiger partial charge in [-0.3, -0.25) is 0 Å². The van der Waals surface area contributed by atoms with Crippen LogP contribution in [-0.4, -0.2) is 27.3 Å². The van der Waals surface area contributed by atoms with E-state index in [1.807, 2.05) is 6.92 Å². The second kappa shape index (κ2) is 4.88. The molecule has 1 atom stereocenters. The summed E-state index contributed by atoms with van der Waals surface area (Å²) in [6, 6.07) is -0.237. The van der Waals surface area contributed by atoms with E-state index < -0.39 is 5.97 Å². The van der Waals surface area contributed by atoms with E-state index in [-0.39, 0.29) is 11.9 Å². The van der Waals surface area contributed by atoms with Crippen LogP contribution in [0.25, 0.3) is 0 Å². The smallest absolute Gasteiger partial charge is 0.376 e. The van der Waals surface area contributed by atoms with Crippen LogP contribution in [0, 0.1) is 0 Å². The van der Waals surface area contributed by atoms with Gasteiger partial charge in [0.05, 0.1) is 12.6 Å². The molecule has 6 nitrogen and oxygen atoms in total. The average Bonchev–Trinajstić information content (AvgIpc) is 2.59. The van der Waals surface area contributed by atoms with Gasteiger partial charge in [0.25, 0.3) is 0 Å². The molecule has 1 rings (SSSR count). The molecule has 0 aromatic carbocycles. The van der Waals surface area contributed by atoms with Gasteiger partial charge in [-0.05, 0) is 13.3 Å². The van der Waals surface area contributed by atoms with Crippen molar-refractivity contribution in [3.05, 3.63) is 11.6 Å². The summed E-state index contributed by atoms with van der Waals surface area (Å²) in [5.74, 6) is 0.195. The van der Waals surface area contributed by atoms with Crippen molar-refractivity contribution in [1.82, 2.24) is 14.8 Å². The maximum atomic E-state index is 11.4. The van der Waals surface area contributed by atoms with Crippen LogP contribution in [0.2, 0.25) is 0 Å². The van der Waals surface area contributed by atoms with E-state index in [9.17, 15) is 4.79 Å². The highest BCUT2D eigenvalue weighted by molar-refractivity contribution is 5.85. The molecule has 0 saturated heterocycles. The number of hydrogen-bond donors (Lipinski definition) is 1. The molecule has 0 aliphatic rings. The summed E-state index contributed by atoms with van der Waals surface area (Å²) >= 11 is 0. The third kappa shape index (κ3) is 2.53. The zero-order valence-electron chi connectivity index (χ0n) is 9.23. The van der Waals surface area contributed by atoms with E-state index in [0.717, 1.165) is 6.42 Å². The van der Waals surface area contributed by atoms with Crippen molar-refractivity contribution in [2.75, 3.05) is 6.61 Å². The Hall–Kier alpha value is -1.43. The van der Waals surface area contributed by atoms with Crippen LogP contribution in [-0.2, 0) is 11.8 Å². The fraction of sp³-hybridized carbons (Fsp3) is 0.667. The Morgan fingerprint density at radius 1 is 1.60 bits per heavy atom. The summed E-state index contributed by atoms with van der Waals surface area (Å²) in [6.45, 7) is 4.00. The zero-order valence-corrected chi connectivity index (χ0v) is 9.23. The lowest BCUT2D eigenvalue weighted by Crippen LogP contribution is -2.12. The van der Waals surface area contributed by atoms with Gasteiger partial charge in [0.15, 0.2) is 5.82 Å². The quantitative estimate of drug-likeness (QED) is 0.730. The van der Waals surface area contributed by atoms with E-state index in [1.165, 1.54) is 4.68 Å². The van der Waals surface area contributed by atoms with E-state index in [2.05, 4.69) is 10.1 Å². The van der Waals surface area contributed by atoms with Crippen LogP contribution in [0.3, 0.4) is 0 Å². The largest absolute Gasteiger partial charge is 0.460 e. The summed E-state index contributed by atoms with van der Waals surface area (Å²) in [5, 5.41) is 4.06. The van der Waals surface area contributed by atoms with Gasteiger partial charge in [0.2, 0.25) is 5.82 Å². The van der Waals surface area contributed by atoms with Crippen LogP contribution in [0.15, 0.2) is 0 Å². The maximum Gasteiger partial charge on any atom is 0.376 e. The Morgan fingerprint density at radius 3 is 2.80 bits per heavy atom. The number of esters is 1. The van der Waals surface area contributed by atoms with Crippen LogP contribution in [0.4, 0.5) is 0 Å². The van der Waals surface area contributed by atoms with Gasteiger partial charge in [0, 0.05) is 7.05 Å². The fourth-order valence-electron chi connectivity index (χ4n) is 1.12. The SMILES string of the molecule is CCOC(=O)c1nc([C@@H](N)CC)nn1C. The number of carbonyl (C=O) groups is 1. The first kappa shape index (κ1) is 11.6. The van der Waals surface area contributed by atoms with Crippen LogP contribution >= 0.6 is 0 Å². The van der Waals surface area contributed by atoms with Gasteiger partial charge < -0.3 is 10.5 Å². The molecule has 1 aromatic heterocycles. The molecule has 0 aliphatic heterocycles. The number of carbonyl (C=O) groups excluding carboxylic acids is 1. The van der Waals surface area contributed by atoms with Crippen LogP contribution < -0.4 is 5.73 Å². The number of nitrogens with two attached hydrogens (primary N) is 1. The Bertz CT molecular complexity index is 348. The van der Waals surface area contributed by atoms with E-state index in [4.69, 9.17) is 10.5 Å². The van der Waals surface area contributed by atoms with Gasteiger partial charge in [-0.1, -0.05) is 6.92 Å². The summed E-state index contributed by atoms with van der Waals surface area (Å²) in [5.41, 5.74) is 5.76. The summed E-state index contributed by atoms with van der Waals surface area (Å²) < 4.78 is 6.22. The number of hydrogen-bond acceptors (Lipinski definition) is 5. The third-order valence-electron chi connectivity index (χ3n) is 2.01. The Labute approximate surface area is 88.4 Å². The molecule has 0 amide bonds. The van der Waals surface area contributed by atoms with Gasteiger partial charge in [0.1, 0.15) is 0 Å². The van der Waals surface area contributed by atoms with Crippen molar-refractivity contribution in [3.8, 4) is 0 Å². The lowest BCUT2D eigenvalue weighted by Gasteiger charge is -2.00. The number of ether oxygens (including phenoxy) is 1. The molecule has 84 valence electrons. The predicted molar refractivity (Wildman–Crippen MR) is 54.2 cm³/mol. The topological polar surface area (TPSA) is 83.0 Å². The van der Waals surface area contributed by atoms with Crippen molar-refractivity contribution in [2.24, 2.45) is 12.8 Å². The van der Waals surface area contributed by atoms with Gasteiger partial charge >= 0.3 is 5.97 Å². The third-order valence-corrected chi connectivity index (χ3v) is 2.01. The highest BCUT2D eigenvalue weighted by Crippen LogP contribution is 2.09.